The maximum atomic E-state index is 14.8. The monoisotopic (exact) mass is 496 g/mol. The molecule has 2 atom stereocenters. The maximum absolute atomic E-state index is 14.8. The molecule has 3 rings (SSSR count). The SMILES string of the molecule is CC(C)(N)C(=O)NC(CCC(F)(F)c1ccccc1)c1ncnn1CCOC(=O)N1CCCC1F. The number of aromatic nitrogens is 3. The van der Waals surface area contributed by atoms with Crippen molar-refractivity contribution >= 4 is 12.0 Å². The fraction of sp³-hybridized carbons (Fsp3) is 0.565. The van der Waals surface area contributed by atoms with Crippen LogP contribution in [0.5, 0.6) is 0 Å². The summed E-state index contributed by atoms with van der Waals surface area (Å²) in [6, 6.07) is 6.48. The van der Waals surface area contributed by atoms with Crippen molar-refractivity contribution in [1.29, 1.82) is 0 Å². The molecule has 0 bridgehead atoms. The number of hydrogen-bond acceptors (Lipinski definition) is 6. The number of benzene rings is 1. The Morgan fingerprint density at radius 2 is 2.00 bits per heavy atom. The molecule has 1 fully saturated rings. The Labute approximate surface area is 201 Å². The molecule has 35 heavy (non-hydrogen) atoms. The lowest BCUT2D eigenvalue weighted by Gasteiger charge is -2.26. The van der Waals surface area contributed by atoms with E-state index >= 15 is 0 Å². The van der Waals surface area contributed by atoms with E-state index in [1.54, 1.807) is 6.07 Å². The molecule has 0 saturated carbocycles. The number of nitrogens with one attached hydrogen (secondary N) is 1. The van der Waals surface area contributed by atoms with E-state index < -0.39 is 42.2 Å². The van der Waals surface area contributed by atoms with Crippen molar-refractivity contribution in [3.05, 3.63) is 48.0 Å². The second-order valence-corrected chi connectivity index (χ2v) is 9.08. The minimum atomic E-state index is -3.14. The standard InChI is InChI=1S/C23H31F3N6O3/c1-22(2,27)20(33)30-17(10-11-23(25,26)16-7-4-3-5-8-16)19-28-15-29-32(19)13-14-35-21(34)31-12-6-9-18(31)24/h3-5,7-8,15,17-18H,6,9-14,27H2,1-2H3,(H,30,33). The molecule has 2 unspecified atom stereocenters. The normalized spacial score (nSPS) is 17.3. The highest BCUT2D eigenvalue weighted by molar-refractivity contribution is 5.85. The molecule has 9 nitrogen and oxygen atoms in total. The zero-order valence-electron chi connectivity index (χ0n) is 19.8. The number of amides is 2. The first-order chi connectivity index (χ1) is 16.5. The Morgan fingerprint density at radius 3 is 2.63 bits per heavy atom. The average molecular weight is 497 g/mol. The Balaban J connectivity index is 1.70. The Kier molecular flexibility index (Phi) is 8.36. The number of hydrogen-bond donors (Lipinski definition) is 2. The second kappa shape index (κ2) is 11.1. The van der Waals surface area contributed by atoms with Crippen LogP contribution in [0.4, 0.5) is 18.0 Å². The van der Waals surface area contributed by atoms with E-state index in [0.29, 0.717) is 6.42 Å². The molecule has 192 valence electrons. The summed E-state index contributed by atoms with van der Waals surface area (Å²) in [5, 5.41) is 6.76. The number of carbonyl (C=O) groups excluding carboxylic acids is 2. The zero-order chi connectivity index (χ0) is 25.6. The predicted molar refractivity (Wildman–Crippen MR) is 121 cm³/mol. The largest absolute Gasteiger partial charge is 0.447 e. The molecule has 3 N–H and O–H groups in total. The fourth-order valence-corrected chi connectivity index (χ4v) is 3.71. The topological polar surface area (TPSA) is 115 Å². The van der Waals surface area contributed by atoms with Crippen LogP contribution in [0, 0.1) is 0 Å². The van der Waals surface area contributed by atoms with Gasteiger partial charge in [0.1, 0.15) is 18.8 Å². The Hall–Kier alpha value is -3.15. The van der Waals surface area contributed by atoms with E-state index in [1.807, 2.05) is 0 Å². The summed E-state index contributed by atoms with van der Waals surface area (Å²) in [6.45, 7) is 3.19. The van der Waals surface area contributed by atoms with Crippen molar-refractivity contribution in [3.8, 4) is 0 Å². The van der Waals surface area contributed by atoms with Gasteiger partial charge in [-0.1, -0.05) is 30.3 Å². The van der Waals surface area contributed by atoms with Gasteiger partial charge in [0.25, 0.3) is 5.92 Å². The van der Waals surface area contributed by atoms with Gasteiger partial charge in [0.05, 0.1) is 18.1 Å². The number of rotatable bonds is 10. The van der Waals surface area contributed by atoms with Crippen molar-refractivity contribution in [2.45, 2.75) is 69.9 Å². The predicted octanol–water partition coefficient (Wildman–Crippen LogP) is 3.27. The third kappa shape index (κ3) is 6.93. The van der Waals surface area contributed by atoms with Crippen LogP contribution < -0.4 is 11.1 Å². The lowest BCUT2D eigenvalue weighted by Crippen LogP contribution is -2.50. The number of nitrogens with two attached hydrogens (primary N) is 1. The van der Waals surface area contributed by atoms with Gasteiger partial charge in [-0.2, -0.15) is 5.10 Å². The van der Waals surface area contributed by atoms with Crippen LogP contribution in [-0.4, -0.2) is 56.7 Å². The number of nitrogens with zero attached hydrogens (tertiary/aromatic N) is 4. The molecule has 2 heterocycles. The maximum Gasteiger partial charge on any atom is 0.412 e. The van der Waals surface area contributed by atoms with E-state index in [1.165, 1.54) is 49.1 Å². The van der Waals surface area contributed by atoms with Gasteiger partial charge >= 0.3 is 6.09 Å². The van der Waals surface area contributed by atoms with Crippen molar-refractivity contribution < 1.29 is 27.5 Å². The van der Waals surface area contributed by atoms with Crippen molar-refractivity contribution in [3.63, 3.8) is 0 Å². The Bertz CT molecular complexity index is 996. The first kappa shape index (κ1) is 26.5. The van der Waals surface area contributed by atoms with E-state index in [-0.39, 0.29) is 43.9 Å². The summed E-state index contributed by atoms with van der Waals surface area (Å²) in [7, 11) is 0. The molecule has 1 aliphatic rings. The molecule has 12 heteroatoms. The second-order valence-electron chi connectivity index (χ2n) is 9.08. The van der Waals surface area contributed by atoms with Gasteiger partial charge in [-0.25, -0.2) is 27.6 Å². The van der Waals surface area contributed by atoms with Crippen LogP contribution in [0.15, 0.2) is 36.7 Å². The number of likely N-dealkylation sites (tertiary alicyclic amines) is 1. The number of alkyl halides is 3. The third-order valence-electron chi connectivity index (χ3n) is 5.73. The van der Waals surface area contributed by atoms with Crippen LogP contribution in [0.1, 0.15) is 57.0 Å². The molecule has 0 radical (unpaired) electrons. The van der Waals surface area contributed by atoms with Gasteiger partial charge < -0.3 is 15.8 Å². The highest BCUT2D eigenvalue weighted by Crippen LogP contribution is 2.35. The molecule has 2 aromatic rings. The van der Waals surface area contributed by atoms with Crippen molar-refractivity contribution in [1.82, 2.24) is 25.0 Å². The van der Waals surface area contributed by atoms with Crippen LogP contribution in [0.2, 0.25) is 0 Å². The number of carbonyl (C=O) groups is 2. The molecular formula is C23H31F3N6O3. The van der Waals surface area contributed by atoms with Crippen LogP contribution in [-0.2, 0) is 22.0 Å². The van der Waals surface area contributed by atoms with Gasteiger partial charge in [0.2, 0.25) is 5.91 Å². The summed E-state index contributed by atoms with van der Waals surface area (Å²) >= 11 is 0. The minimum absolute atomic E-state index is 0.0410. The molecule has 1 saturated heterocycles. The van der Waals surface area contributed by atoms with Crippen LogP contribution in [0.25, 0.3) is 0 Å². The molecular weight excluding hydrogens is 465 g/mol. The van der Waals surface area contributed by atoms with Crippen LogP contribution >= 0.6 is 0 Å². The molecule has 1 aromatic heterocycles. The van der Waals surface area contributed by atoms with Gasteiger partial charge in [0, 0.05) is 18.5 Å². The zero-order valence-corrected chi connectivity index (χ0v) is 19.8. The van der Waals surface area contributed by atoms with E-state index in [4.69, 9.17) is 10.5 Å². The van der Waals surface area contributed by atoms with Gasteiger partial charge in [-0.05, 0) is 33.1 Å². The molecule has 2 amide bonds. The highest BCUT2D eigenvalue weighted by atomic mass is 19.3. The van der Waals surface area contributed by atoms with E-state index in [0.717, 1.165) is 4.90 Å². The first-order valence-corrected chi connectivity index (χ1v) is 11.5. The van der Waals surface area contributed by atoms with E-state index in [9.17, 15) is 22.8 Å². The summed E-state index contributed by atoms with van der Waals surface area (Å²) < 4.78 is 49.9. The highest BCUT2D eigenvalue weighted by Gasteiger charge is 2.35. The lowest BCUT2D eigenvalue weighted by molar-refractivity contribution is -0.126. The molecule has 1 aromatic carbocycles. The molecule has 0 aliphatic carbocycles. The van der Waals surface area contributed by atoms with Crippen molar-refractivity contribution in [2.75, 3.05) is 13.2 Å². The van der Waals surface area contributed by atoms with Gasteiger partial charge in [0.15, 0.2) is 6.30 Å². The third-order valence-corrected chi connectivity index (χ3v) is 5.73. The lowest BCUT2D eigenvalue weighted by atomic mass is 9.99. The number of ether oxygens (including phenoxy) is 1. The van der Waals surface area contributed by atoms with Gasteiger partial charge in [-0.15, -0.1) is 0 Å². The minimum Gasteiger partial charge on any atom is -0.447 e. The molecule has 0 spiro atoms. The summed E-state index contributed by atoms with van der Waals surface area (Å²) in [5.74, 6) is -3.47. The molecule has 1 aliphatic heterocycles. The van der Waals surface area contributed by atoms with Crippen LogP contribution in [0.3, 0.4) is 0 Å². The summed E-state index contributed by atoms with van der Waals surface area (Å²) in [5.41, 5.74) is 4.50. The number of halogens is 3. The quantitative estimate of drug-likeness (QED) is 0.488. The summed E-state index contributed by atoms with van der Waals surface area (Å²) in [6.07, 6.45) is -0.799. The smallest absolute Gasteiger partial charge is 0.412 e. The van der Waals surface area contributed by atoms with E-state index in [2.05, 4.69) is 15.4 Å². The van der Waals surface area contributed by atoms with Gasteiger partial charge in [-0.3, -0.25) is 9.69 Å². The Morgan fingerprint density at radius 1 is 1.29 bits per heavy atom. The first-order valence-electron chi connectivity index (χ1n) is 11.5. The van der Waals surface area contributed by atoms with Crippen molar-refractivity contribution in [2.24, 2.45) is 5.73 Å². The summed E-state index contributed by atoms with van der Waals surface area (Å²) in [4.78, 5) is 29.8. The fourth-order valence-electron chi connectivity index (χ4n) is 3.71. The average Bonchev–Trinajstić information content (AvgIpc) is 3.45.